The lowest BCUT2D eigenvalue weighted by molar-refractivity contribution is -0.126. The third-order valence-corrected chi connectivity index (χ3v) is 6.13. The molecule has 0 aliphatic carbocycles. The fourth-order valence-corrected chi connectivity index (χ4v) is 4.20. The quantitative estimate of drug-likeness (QED) is 0.235. The first kappa shape index (κ1) is 25.3. The van der Waals surface area contributed by atoms with Crippen molar-refractivity contribution in [1.82, 2.24) is 30.6 Å². The number of H-pyrrole nitrogens is 1. The van der Waals surface area contributed by atoms with Crippen LogP contribution in [0.25, 0.3) is 33.7 Å². The Morgan fingerprint density at radius 1 is 0.846 bits per heavy atom. The minimum absolute atomic E-state index is 0.213. The van der Waals surface area contributed by atoms with Gasteiger partial charge in [-0.3, -0.25) is 24.4 Å². The molecule has 5 N–H and O–H groups in total. The molecule has 10 heteroatoms. The summed E-state index contributed by atoms with van der Waals surface area (Å²) in [6.07, 6.45) is 5.28. The van der Waals surface area contributed by atoms with Crippen molar-refractivity contribution in [3.63, 3.8) is 0 Å². The maximum atomic E-state index is 13.1. The summed E-state index contributed by atoms with van der Waals surface area (Å²) in [4.78, 5) is 54.3. The molecule has 0 fully saturated rings. The number of hydrogen-bond donors (Lipinski definition) is 4. The molecule has 0 saturated heterocycles. The van der Waals surface area contributed by atoms with E-state index in [9.17, 15) is 14.4 Å². The number of pyridine rings is 3. The van der Waals surface area contributed by atoms with Gasteiger partial charge in [0.25, 0.3) is 5.91 Å². The topological polar surface area (TPSA) is 156 Å². The van der Waals surface area contributed by atoms with Gasteiger partial charge in [0.2, 0.25) is 11.8 Å². The number of benzene rings is 1. The zero-order valence-electron chi connectivity index (χ0n) is 20.8. The number of carbonyl (C=O) groups is 3. The number of para-hydroxylation sites is 1. The highest BCUT2D eigenvalue weighted by Crippen LogP contribution is 2.23. The van der Waals surface area contributed by atoms with Gasteiger partial charge in [-0.15, -0.1) is 0 Å². The van der Waals surface area contributed by atoms with Crippen LogP contribution in [0.3, 0.4) is 0 Å². The van der Waals surface area contributed by atoms with Crippen molar-refractivity contribution in [3.8, 4) is 22.8 Å². The van der Waals surface area contributed by atoms with Crippen LogP contribution >= 0.6 is 0 Å². The number of primary amides is 1. The fourth-order valence-electron chi connectivity index (χ4n) is 4.20. The smallest absolute Gasteiger partial charge is 0.251 e. The summed E-state index contributed by atoms with van der Waals surface area (Å²) in [7, 11) is 0. The molecule has 1 atom stereocenters. The van der Waals surface area contributed by atoms with E-state index >= 15 is 0 Å². The second-order valence-corrected chi connectivity index (χ2v) is 8.83. The van der Waals surface area contributed by atoms with Crippen LogP contribution in [0.4, 0.5) is 0 Å². The summed E-state index contributed by atoms with van der Waals surface area (Å²) in [5.41, 5.74) is 9.76. The van der Waals surface area contributed by atoms with E-state index < -0.39 is 23.8 Å². The van der Waals surface area contributed by atoms with Gasteiger partial charge in [0.15, 0.2) is 0 Å². The van der Waals surface area contributed by atoms with E-state index in [0.29, 0.717) is 22.8 Å². The van der Waals surface area contributed by atoms with Crippen molar-refractivity contribution in [2.24, 2.45) is 5.73 Å². The number of aromatic amines is 1. The Kier molecular flexibility index (Phi) is 7.35. The SMILES string of the molecule is NC(=O)[C@H](Cc1c[nH]c2ccccc12)NC(=O)CNC(=O)c1cc(-c2ccccn2)nc(-c2ccccn2)c1. The first-order valence-corrected chi connectivity index (χ1v) is 12.2. The molecule has 194 valence electrons. The Morgan fingerprint density at radius 3 is 2.10 bits per heavy atom. The molecule has 0 radical (unpaired) electrons. The van der Waals surface area contributed by atoms with Gasteiger partial charge in [0.05, 0.1) is 29.3 Å². The van der Waals surface area contributed by atoms with Crippen LogP contribution in [0.5, 0.6) is 0 Å². The van der Waals surface area contributed by atoms with Gasteiger partial charge in [-0.2, -0.15) is 0 Å². The monoisotopic (exact) mass is 519 g/mol. The number of carbonyl (C=O) groups excluding carboxylic acids is 3. The minimum atomic E-state index is -0.943. The number of amides is 3. The minimum Gasteiger partial charge on any atom is -0.368 e. The second-order valence-electron chi connectivity index (χ2n) is 8.83. The van der Waals surface area contributed by atoms with E-state index in [0.717, 1.165) is 16.5 Å². The first-order valence-electron chi connectivity index (χ1n) is 12.2. The maximum Gasteiger partial charge on any atom is 0.251 e. The normalized spacial score (nSPS) is 11.6. The lowest BCUT2D eigenvalue weighted by Gasteiger charge is -2.16. The molecule has 3 amide bonds. The van der Waals surface area contributed by atoms with E-state index in [-0.39, 0.29) is 18.5 Å². The molecule has 10 nitrogen and oxygen atoms in total. The van der Waals surface area contributed by atoms with Crippen LogP contribution in [0.2, 0.25) is 0 Å². The molecule has 1 aromatic carbocycles. The van der Waals surface area contributed by atoms with E-state index in [1.54, 1.807) is 55.0 Å². The third kappa shape index (κ3) is 5.96. The molecule has 39 heavy (non-hydrogen) atoms. The van der Waals surface area contributed by atoms with Gasteiger partial charge in [-0.1, -0.05) is 30.3 Å². The second kappa shape index (κ2) is 11.3. The van der Waals surface area contributed by atoms with Crippen LogP contribution in [-0.2, 0) is 16.0 Å². The number of nitrogens with one attached hydrogen (secondary N) is 3. The van der Waals surface area contributed by atoms with E-state index in [1.807, 2.05) is 36.4 Å². The number of fused-ring (bicyclic) bond motifs is 1. The van der Waals surface area contributed by atoms with Crippen LogP contribution in [0.15, 0.2) is 91.4 Å². The first-order chi connectivity index (χ1) is 19.0. The van der Waals surface area contributed by atoms with Crippen molar-refractivity contribution < 1.29 is 14.4 Å². The molecule has 4 heterocycles. The average molecular weight is 520 g/mol. The average Bonchev–Trinajstić information content (AvgIpc) is 3.39. The molecule has 5 aromatic rings. The van der Waals surface area contributed by atoms with E-state index in [2.05, 4.69) is 30.6 Å². The molecular weight excluding hydrogens is 494 g/mol. The summed E-state index contributed by atoms with van der Waals surface area (Å²) in [6, 6.07) is 20.7. The third-order valence-electron chi connectivity index (χ3n) is 6.13. The Hall–Kier alpha value is -5.38. The molecule has 5 rings (SSSR count). The molecule has 4 aromatic heterocycles. The summed E-state index contributed by atoms with van der Waals surface area (Å²) in [5.74, 6) is -1.71. The molecule has 0 aliphatic heterocycles. The molecular formula is C29H25N7O3. The lowest BCUT2D eigenvalue weighted by Crippen LogP contribution is -2.49. The van der Waals surface area contributed by atoms with Crippen molar-refractivity contribution >= 4 is 28.6 Å². The molecule has 0 saturated carbocycles. The summed E-state index contributed by atoms with van der Waals surface area (Å²) in [5, 5.41) is 6.18. The lowest BCUT2D eigenvalue weighted by atomic mass is 10.0. The number of nitrogens with two attached hydrogens (primary N) is 1. The Bertz CT molecular complexity index is 1580. The molecule has 0 aliphatic rings. The zero-order valence-corrected chi connectivity index (χ0v) is 20.8. The molecule has 0 spiro atoms. The van der Waals surface area contributed by atoms with E-state index in [4.69, 9.17) is 5.73 Å². The van der Waals surface area contributed by atoms with Crippen molar-refractivity contribution in [2.75, 3.05) is 6.54 Å². The summed E-state index contributed by atoms with van der Waals surface area (Å²) < 4.78 is 0. The predicted octanol–water partition coefficient (Wildman–Crippen LogP) is 2.63. The Balaban J connectivity index is 1.30. The highest BCUT2D eigenvalue weighted by molar-refractivity contribution is 5.98. The Morgan fingerprint density at radius 2 is 1.49 bits per heavy atom. The van der Waals surface area contributed by atoms with Gasteiger partial charge < -0.3 is 21.4 Å². The van der Waals surface area contributed by atoms with Gasteiger partial charge in [0, 0.05) is 41.5 Å². The number of aromatic nitrogens is 4. The van der Waals surface area contributed by atoms with Crippen molar-refractivity contribution in [2.45, 2.75) is 12.5 Å². The molecule has 0 bridgehead atoms. The van der Waals surface area contributed by atoms with Crippen molar-refractivity contribution in [1.29, 1.82) is 0 Å². The van der Waals surface area contributed by atoms with Crippen LogP contribution in [0.1, 0.15) is 15.9 Å². The van der Waals surface area contributed by atoms with Gasteiger partial charge in [-0.25, -0.2) is 4.98 Å². The zero-order chi connectivity index (χ0) is 27.2. The van der Waals surface area contributed by atoms with Gasteiger partial charge >= 0.3 is 0 Å². The summed E-state index contributed by atoms with van der Waals surface area (Å²) in [6.45, 7) is -0.351. The highest BCUT2D eigenvalue weighted by atomic mass is 16.2. The standard InChI is InChI=1S/C29H25N7O3/c30-28(38)26(15-19-16-33-21-8-2-1-7-20(19)21)36-27(37)17-34-29(39)18-13-24(22-9-3-5-11-31-22)35-25(14-18)23-10-4-6-12-32-23/h1-14,16,26,33H,15,17H2,(H2,30,38)(H,34,39)(H,36,37)/t26-/m0/s1. The van der Waals surface area contributed by atoms with Gasteiger partial charge in [-0.05, 0) is 48.0 Å². The maximum absolute atomic E-state index is 13.1. The Labute approximate surface area is 223 Å². The number of nitrogens with zero attached hydrogens (tertiary/aromatic N) is 3. The van der Waals surface area contributed by atoms with Crippen LogP contribution in [-0.4, -0.2) is 50.2 Å². The number of rotatable bonds is 9. The molecule has 0 unspecified atom stereocenters. The predicted molar refractivity (Wildman–Crippen MR) is 146 cm³/mol. The largest absolute Gasteiger partial charge is 0.368 e. The fraction of sp³-hybridized carbons (Fsp3) is 0.103. The van der Waals surface area contributed by atoms with Gasteiger partial charge in [0.1, 0.15) is 6.04 Å². The summed E-state index contributed by atoms with van der Waals surface area (Å²) >= 11 is 0. The van der Waals surface area contributed by atoms with Crippen LogP contribution in [0, 0.1) is 0 Å². The number of hydrogen-bond acceptors (Lipinski definition) is 6. The van der Waals surface area contributed by atoms with E-state index in [1.165, 1.54) is 0 Å². The highest BCUT2D eigenvalue weighted by Gasteiger charge is 2.21. The van der Waals surface area contributed by atoms with Crippen LogP contribution < -0.4 is 16.4 Å². The van der Waals surface area contributed by atoms with Crippen molar-refractivity contribution in [3.05, 3.63) is 103 Å².